The number of hydrazone groups is 1. The molecule has 24 heavy (non-hydrogen) atoms. The third-order valence-corrected chi connectivity index (χ3v) is 4.97. The number of hydrogen-bond donors (Lipinski definition) is 2. The van der Waals surface area contributed by atoms with Gasteiger partial charge in [-0.2, -0.15) is 5.10 Å². The first-order chi connectivity index (χ1) is 11.5. The van der Waals surface area contributed by atoms with Crippen LogP contribution in [0.4, 0.5) is 5.69 Å². The summed E-state index contributed by atoms with van der Waals surface area (Å²) in [6, 6.07) is 5.37. The van der Waals surface area contributed by atoms with Gasteiger partial charge in [-0.3, -0.25) is 25.1 Å². The highest BCUT2D eigenvalue weighted by Crippen LogP contribution is 2.38. The summed E-state index contributed by atoms with van der Waals surface area (Å²) in [6.45, 7) is 6.10. The molecule has 2 N–H and O–H groups in total. The number of imide groups is 1. The Bertz CT molecular complexity index is 731. The maximum atomic E-state index is 12.9. The number of rotatable bonds is 3. The lowest BCUT2D eigenvalue weighted by Crippen LogP contribution is -2.50. The number of nitrogens with one attached hydrogen (secondary N) is 2. The lowest BCUT2D eigenvalue weighted by molar-refractivity contribution is -0.141. The first kappa shape index (κ1) is 16.2. The SMILES string of the molecule is C=NNc1cccc(C(=O)N2CCC3(CCC(=O)NC3=O)C2)c1C. The largest absolute Gasteiger partial charge is 0.338 e. The van der Waals surface area contributed by atoms with Crippen LogP contribution in [0.5, 0.6) is 0 Å². The van der Waals surface area contributed by atoms with Crippen molar-refractivity contribution in [1.82, 2.24) is 10.2 Å². The maximum absolute atomic E-state index is 12.9. The van der Waals surface area contributed by atoms with E-state index in [0.29, 0.717) is 37.9 Å². The highest BCUT2D eigenvalue weighted by molar-refractivity contribution is 6.02. The minimum atomic E-state index is -0.629. The number of carbonyl (C=O) groups excluding carboxylic acids is 3. The Kier molecular flexibility index (Phi) is 4.09. The molecule has 2 heterocycles. The highest BCUT2D eigenvalue weighted by Gasteiger charge is 2.48. The van der Waals surface area contributed by atoms with Gasteiger partial charge in [-0.05, 0) is 37.5 Å². The third-order valence-electron chi connectivity index (χ3n) is 4.97. The fourth-order valence-corrected chi connectivity index (χ4v) is 3.47. The lowest BCUT2D eigenvalue weighted by atomic mass is 9.79. The molecule has 0 radical (unpaired) electrons. The molecule has 2 fully saturated rings. The van der Waals surface area contributed by atoms with Crippen LogP contribution in [0.1, 0.15) is 35.2 Å². The molecule has 3 rings (SSSR count). The Labute approximate surface area is 140 Å². The summed E-state index contributed by atoms with van der Waals surface area (Å²) in [5.74, 6) is -0.596. The zero-order chi connectivity index (χ0) is 17.3. The summed E-state index contributed by atoms with van der Waals surface area (Å²) in [5.41, 5.74) is 4.24. The standard InChI is InChI=1S/C17H20N4O3/c1-11-12(4-3-5-13(11)20-18-2)15(23)21-9-8-17(10-21)7-6-14(22)19-16(17)24/h3-5,20H,2,6-10H2,1H3,(H,19,22,24). The summed E-state index contributed by atoms with van der Waals surface area (Å²) >= 11 is 0. The number of likely N-dealkylation sites (tertiary alicyclic amines) is 1. The van der Waals surface area contributed by atoms with E-state index in [1.165, 1.54) is 0 Å². The van der Waals surface area contributed by atoms with Crippen LogP contribution in [0.25, 0.3) is 0 Å². The average molecular weight is 328 g/mol. The number of carbonyl (C=O) groups is 3. The van der Waals surface area contributed by atoms with E-state index in [1.54, 1.807) is 17.0 Å². The van der Waals surface area contributed by atoms with Gasteiger partial charge in [0.25, 0.3) is 5.91 Å². The molecule has 2 aliphatic rings. The quantitative estimate of drug-likeness (QED) is 0.497. The van der Waals surface area contributed by atoms with Crippen LogP contribution >= 0.6 is 0 Å². The number of hydrogen-bond acceptors (Lipinski definition) is 5. The Hall–Kier alpha value is -2.70. The molecule has 1 aromatic rings. The predicted molar refractivity (Wildman–Crippen MR) is 89.7 cm³/mol. The molecule has 2 aliphatic heterocycles. The predicted octanol–water partition coefficient (Wildman–Crippen LogP) is 1.29. The fraction of sp³-hybridized carbons (Fsp3) is 0.412. The smallest absolute Gasteiger partial charge is 0.254 e. The van der Waals surface area contributed by atoms with Crippen LogP contribution in [0.3, 0.4) is 0 Å². The summed E-state index contributed by atoms with van der Waals surface area (Å²) in [4.78, 5) is 38.2. The number of piperidine rings is 1. The molecule has 0 bridgehead atoms. The molecule has 0 saturated carbocycles. The maximum Gasteiger partial charge on any atom is 0.254 e. The first-order valence-corrected chi connectivity index (χ1v) is 7.92. The molecule has 7 heteroatoms. The van der Waals surface area contributed by atoms with Crippen LogP contribution in [-0.2, 0) is 9.59 Å². The van der Waals surface area contributed by atoms with Crippen molar-refractivity contribution in [3.63, 3.8) is 0 Å². The second-order valence-electron chi connectivity index (χ2n) is 6.38. The Morgan fingerprint density at radius 1 is 1.38 bits per heavy atom. The van der Waals surface area contributed by atoms with Gasteiger partial charge in [0.1, 0.15) is 0 Å². The topological polar surface area (TPSA) is 90.9 Å². The molecule has 1 spiro atoms. The van der Waals surface area contributed by atoms with Crippen LogP contribution in [-0.4, -0.2) is 42.4 Å². The molecule has 1 aromatic carbocycles. The third kappa shape index (κ3) is 2.66. The normalized spacial score (nSPS) is 23.3. The van der Waals surface area contributed by atoms with Gasteiger partial charge in [-0.1, -0.05) is 6.07 Å². The zero-order valence-electron chi connectivity index (χ0n) is 13.6. The van der Waals surface area contributed by atoms with Crippen molar-refractivity contribution in [2.75, 3.05) is 18.5 Å². The minimum absolute atomic E-state index is 0.109. The van der Waals surface area contributed by atoms with Crippen LogP contribution in [0.15, 0.2) is 23.3 Å². The summed E-state index contributed by atoms with van der Waals surface area (Å²) < 4.78 is 0. The van der Waals surface area contributed by atoms with E-state index < -0.39 is 5.41 Å². The number of benzene rings is 1. The Balaban J connectivity index is 1.80. The first-order valence-electron chi connectivity index (χ1n) is 7.92. The Morgan fingerprint density at radius 3 is 2.88 bits per heavy atom. The molecule has 1 atom stereocenters. The molecule has 0 aromatic heterocycles. The van der Waals surface area contributed by atoms with Gasteiger partial charge in [0.15, 0.2) is 0 Å². The van der Waals surface area contributed by atoms with E-state index >= 15 is 0 Å². The molecule has 0 aliphatic carbocycles. The van der Waals surface area contributed by atoms with E-state index in [1.807, 2.05) is 13.0 Å². The van der Waals surface area contributed by atoms with Crippen molar-refractivity contribution in [3.05, 3.63) is 29.3 Å². The summed E-state index contributed by atoms with van der Waals surface area (Å²) in [6.07, 6.45) is 1.42. The van der Waals surface area contributed by atoms with Gasteiger partial charge in [0, 0.05) is 31.8 Å². The molecule has 126 valence electrons. The van der Waals surface area contributed by atoms with Crippen LogP contribution < -0.4 is 10.7 Å². The van der Waals surface area contributed by atoms with Gasteiger partial charge in [-0.15, -0.1) is 0 Å². The van der Waals surface area contributed by atoms with Gasteiger partial charge >= 0.3 is 0 Å². The molecule has 1 unspecified atom stereocenters. The highest BCUT2D eigenvalue weighted by atomic mass is 16.2. The molecular formula is C17H20N4O3. The second-order valence-corrected chi connectivity index (χ2v) is 6.38. The molecule has 3 amide bonds. The van der Waals surface area contributed by atoms with Gasteiger partial charge < -0.3 is 4.90 Å². The minimum Gasteiger partial charge on any atom is -0.338 e. The van der Waals surface area contributed by atoms with Gasteiger partial charge in [0.05, 0.1) is 11.1 Å². The zero-order valence-corrected chi connectivity index (χ0v) is 13.6. The van der Waals surface area contributed by atoms with Crippen molar-refractivity contribution in [2.24, 2.45) is 10.5 Å². The molecular weight excluding hydrogens is 308 g/mol. The average Bonchev–Trinajstić information content (AvgIpc) is 2.99. The van der Waals surface area contributed by atoms with Crippen molar-refractivity contribution in [2.45, 2.75) is 26.2 Å². The van der Waals surface area contributed by atoms with E-state index in [0.717, 1.165) is 11.3 Å². The van der Waals surface area contributed by atoms with Crippen LogP contribution in [0.2, 0.25) is 0 Å². The monoisotopic (exact) mass is 328 g/mol. The number of anilines is 1. The molecule has 7 nitrogen and oxygen atoms in total. The van der Waals surface area contributed by atoms with Gasteiger partial charge in [-0.25, -0.2) is 0 Å². The van der Waals surface area contributed by atoms with E-state index in [2.05, 4.69) is 22.6 Å². The van der Waals surface area contributed by atoms with E-state index in [4.69, 9.17) is 0 Å². The summed E-state index contributed by atoms with van der Waals surface area (Å²) in [7, 11) is 0. The van der Waals surface area contributed by atoms with Gasteiger partial charge in [0.2, 0.25) is 11.8 Å². The van der Waals surface area contributed by atoms with E-state index in [-0.39, 0.29) is 17.7 Å². The number of nitrogens with zero attached hydrogens (tertiary/aromatic N) is 2. The molecule has 2 saturated heterocycles. The summed E-state index contributed by atoms with van der Waals surface area (Å²) in [5, 5.41) is 6.04. The second kappa shape index (κ2) is 6.07. The number of amides is 3. The van der Waals surface area contributed by atoms with Crippen LogP contribution in [0, 0.1) is 12.3 Å². The van der Waals surface area contributed by atoms with Crippen molar-refractivity contribution in [3.8, 4) is 0 Å². The van der Waals surface area contributed by atoms with E-state index in [9.17, 15) is 14.4 Å². The fourth-order valence-electron chi connectivity index (χ4n) is 3.47. The van der Waals surface area contributed by atoms with Crippen molar-refractivity contribution in [1.29, 1.82) is 0 Å². The van der Waals surface area contributed by atoms with Crippen molar-refractivity contribution < 1.29 is 14.4 Å². The lowest BCUT2D eigenvalue weighted by Gasteiger charge is -2.31. The Morgan fingerprint density at radius 2 is 2.17 bits per heavy atom. The van der Waals surface area contributed by atoms with Crippen molar-refractivity contribution >= 4 is 30.1 Å².